The molecule has 3 rings (SSSR count). The number of aromatic nitrogens is 2. The first kappa shape index (κ1) is 20.0. The van der Waals surface area contributed by atoms with Crippen molar-refractivity contribution in [2.24, 2.45) is 0 Å². The van der Waals surface area contributed by atoms with Gasteiger partial charge in [0.15, 0.2) is 5.76 Å². The van der Waals surface area contributed by atoms with Gasteiger partial charge in [-0.05, 0) is 31.9 Å². The van der Waals surface area contributed by atoms with Gasteiger partial charge in [0.05, 0.1) is 5.52 Å². The number of sulfonamides is 1. The number of para-hydroxylation sites is 1. The number of carbonyl (C=O) groups is 1. The van der Waals surface area contributed by atoms with Crippen molar-refractivity contribution in [3.05, 3.63) is 53.5 Å². The highest BCUT2D eigenvalue weighted by atomic mass is 32.2. The fourth-order valence-electron chi connectivity index (χ4n) is 3.02. The zero-order valence-electron chi connectivity index (χ0n) is 15.7. The first-order valence-corrected chi connectivity index (χ1v) is 10.4. The molecular formula is C19H22N4O4S. The van der Waals surface area contributed by atoms with Crippen LogP contribution in [0, 0.1) is 13.8 Å². The molecule has 0 atom stereocenters. The van der Waals surface area contributed by atoms with Gasteiger partial charge in [-0.2, -0.15) is 0 Å². The molecule has 0 radical (unpaired) electrons. The van der Waals surface area contributed by atoms with Crippen molar-refractivity contribution >= 4 is 26.8 Å². The minimum atomic E-state index is -3.76. The maximum absolute atomic E-state index is 12.3. The molecule has 3 aromatic rings. The summed E-state index contributed by atoms with van der Waals surface area (Å²) in [6.07, 6.45) is 2.43. The van der Waals surface area contributed by atoms with Crippen LogP contribution in [0.1, 0.15) is 23.4 Å². The van der Waals surface area contributed by atoms with E-state index in [9.17, 15) is 13.2 Å². The van der Waals surface area contributed by atoms with Gasteiger partial charge in [0.2, 0.25) is 15.9 Å². The monoisotopic (exact) mass is 402 g/mol. The molecule has 0 bridgehead atoms. The Balaban J connectivity index is 1.47. The summed E-state index contributed by atoms with van der Waals surface area (Å²) in [4.78, 5) is 16.4. The second-order valence-corrected chi connectivity index (χ2v) is 8.10. The third kappa shape index (κ3) is 4.55. The van der Waals surface area contributed by atoms with Crippen LogP contribution in [0.15, 0.2) is 45.9 Å². The lowest BCUT2D eigenvalue weighted by molar-refractivity contribution is -0.120. The van der Waals surface area contributed by atoms with Gasteiger partial charge in [-0.15, -0.1) is 0 Å². The average Bonchev–Trinajstić information content (AvgIpc) is 3.01. The molecule has 0 saturated carbocycles. The van der Waals surface area contributed by atoms with Crippen LogP contribution in [-0.4, -0.2) is 37.6 Å². The van der Waals surface area contributed by atoms with Gasteiger partial charge in [0, 0.05) is 31.1 Å². The fourth-order valence-corrected chi connectivity index (χ4v) is 4.38. The summed E-state index contributed by atoms with van der Waals surface area (Å²) in [5, 5.41) is 7.50. The Morgan fingerprint density at radius 3 is 2.68 bits per heavy atom. The standard InChI is InChI=1S/C19H22N4O4S/c1-13-19(14(2)27-23-13)28(25,26)22-12-9-17(24)20-11-8-16-6-3-5-15-7-4-10-21-18(15)16/h3-7,10,22H,8-9,11-12H2,1-2H3,(H,20,24). The summed E-state index contributed by atoms with van der Waals surface area (Å²) < 4.78 is 31.9. The number of hydrogen-bond donors (Lipinski definition) is 2. The van der Waals surface area contributed by atoms with Crippen molar-refractivity contribution in [1.82, 2.24) is 20.2 Å². The van der Waals surface area contributed by atoms with E-state index >= 15 is 0 Å². The van der Waals surface area contributed by atoms with Crippen molar-refractivity contribution in [2.75, 3.05) is 13.1 Å². The van der Waals surface area contributed by atoms with Crippen LogP contribution in [0.2, 0.25) is 0 Å². The lowest BCUT2D eigenvalue weighted by atomic mass is 10.1. The van der Waals surface area contributed by atoms with Crippen molar-refractivity contribution in [1.29, 1.82) is 0 Å². The fraction of sp³-hybridized carbons (Fsp3) is 0.316. The Kier molecular flexibility index (Phi) is 6.05. The van der Waals surface area contributed by atoms with Crippen LogP contribution in [0.25, 0.3) is 10.9 Å². The molecule has 148 valence electrons. The summed E-state index contributed by atoms with van der Waals surface area (Å²) in [6, 6.07) is 9.83. The summed E-state index contributed by atoms with van der Waals surface area (Å²) in [7, 11) is -3.76. The van der Waals surface area contributed by atoms with E-state index in [1.165, 1.54) is 6.92 Å². The lowest BCUT2D eigenvalue weighted by Gasteiger charge is -2.08. The van der Waals surface area contributed by atoms with E-state index in [1.807, 2.05) is 30.3 Å². The van der Waals surface area contributed by atoms with Gasteiger partial charge in [-0.25, -0.2) is 13.1 Å². The van der Waals surface area contributed by atoms with Crippen LogP contribution < -0.4 is 10.0 Å². The van der Waals surface area contributed by atoms with Crippen LogP contribution in [0.4, 0.5) is 0 Å². The highest BCUT2D eigenvalue weighted by molar-refractivity contribution is 7.89. The quantitative estimate of drug-likeness (QED) is 0.594. The second kappa shape index (κ2) is 8.49. The van der Waals surface area contributed by atoms with E-state index in [0.29, 0.717) is 13.0 Å². The Morgan fingerprint density at radius 2 is 1.93 bits per heavy atom. The van der Waals surface area contributed by atoms with E-state index in [-0.39, 0.29) is 35.2 Å². The molecule has 1 aromatic carbocycles. The SMILES string of the molecule is Cc1noc(C)c1S(=O)(=O)NCCC(=O)NCCc1cccc2cccnc12. The molecule has 8 nitrogen and oxygen atoms in total. The first-order valence-electron chi connectivity index (χ1n) is 8.90. The van der Waals surface area contributed by atoms with Gasteiger partial charge >= 0.3 is 0 Å². The molecule has 9 heteroatoms. The lowest BCUT2D eigenvalue weighted by Crippen LogP contribution is -2.32. The Bertz CT molecular complexity index is 1070. The van der Waals surface area contributed by atoms with Crippen molar-refractivity contribution < 1.29 is 17.7 Å². The Labute approximate surface area is 163 Å². The van der Waals surface area contributed by atoms with Gasteiger partial charge in [-0.1, -0.05) is 29.4 Å². The van der Waals surface area contributed by atoms with Gasteiger partial charge in [0.1, 0.15) is 10.6 Å². The highest BCUT2D eigenvalue weighted by Gasteiger charge is 2.23. The minimum Gasteiger partial charge on any atom is -0.360 e. The van der Waals surface area contributed by atoms with Gasteiger partial charge in [0.25, 0.3) is 0 Å². The highest BCUT2D eigenvalue weighted by Crippen LogP contribution is 2.18. The number of fused-ring (bicyclic) bond motifs is 1. The molecule has 0 spiro atoms. The number of carbonyl (C=O) groups excluding carboxylic acids is 1. The third-order valence-corrected chi connectivity index (χ3v) is 6.02. The number of nitrogens with one attached hydrogen (secondary N) is 2. The molecular weight excluding hydrogens is 380 g/mol. The topological polar surface area (TPSA) is 114 Å². The van der Waals surface area contributed by atoms with E-state index in [0.717, 1.165) is 16.5 Å². The number of benzene rings is 1. The van der Waals surface area contributed by atoms with Crippen LogP contribution >= 0.6 is 0 Å². The molecule has 0 fully saturated rings. The van der Waals surface area contributed by atoms with Crippen LogP contribution in [-0.2, 0) is 21.2 Å². The van der Waals surface area contributed by atoms with Gasteiger partial charge < -0.3 is 9.84 Å². The first-order chi connectivity index (χ1) is 13.4. The number of amides is 1. The molecule has 0 aliphatic rings. The summed E-state index contributed by atoms with van der Waals surface area (Å²) >= 11 is 0. The smallest absolute Gasteiger partial charge is 0.245 e. The molecule has 0 unspecified atom stereocenters. The number of pyridine rings is 1. The molecule has 1 amide bonds. The summed E-state index contributed by atoms with van der Waals surface area (Å²) in [6.45, 7) is 3.53. The van der Waals surface area contributed by atoms with E-state index < -0.39 is 10.0 Å². The molecule has 2 aromatic heterocycles. The molecule has 2 N–H and O–H groups in total. The second-order valence-electron chi connectivity index (χ2n) is 6.39. The maximum atomic E-state index is 12.3. The zero-order chi connectivity index (χ0) is 20.1. The number of aryl methyl sites for hydroxylation is 2. The van der Waals surface area contributed by atoms with E-state index in [2.05, 4.69) is 20.2 Å². The zero-order valence-corrected chi connectivity index (χ0v) is 16.5. The molecule has 0 aliphatic heterocycles. The summed E-state index contributed by atoms with van der Waals surface area (Å²) in [5.41, 5.74) is 2.27. The molecule has 0 aliphatic carbocycles. The Morgan fingerprint density at radius 1 is 1.14 bits per heavy atom. The summed E-state index contributed by atoms with van der Waals surface area (Å²) in [5.74, 6) is -0.00666. The van der Waals surface area contributed by atoms with Crippen LogP contribution in [0.3, 0.4) is 0 Å². The largest absolute Gasteiger partial charge is 0.360 e. The minimum absolute atomic E-state index is 0.00590. The average molecular weight is 402 g/mol. The molecule has 28 heavy (non-hydrogen) atoms. The molecule has 2 heterocycles. The van der Waals surface area contributed by atoms with Crippen molar-refractivity contribution in [3.63, 3.8) is 0 Å². The third-order valence-electron chi connectivity index (χ3n) is 4.31. The number of rotatable bonds is 8. The van der Waals surface area contributed by atoms with Crippen molar-refractivity contribution in [2.45, 2.75) is 31.6 Å². The predicted octanol–water partition coefficient (Wildman–Crippen LogP) is 1.87. The van der Waals surface area contributed by atoms with E-state index in [4.69, 9.17) is 4.52 Å². The normalized spacial score (nSPS) is 11.6. The molecule has 0 saturated heterocycles. The maximum Gasteiger partial charge on any atom is 0.245 e. The van der Waals surface area contributed by atoms with Gasteiger partial charge in [-0.3, -0.25) is 9.78 Å². The van der Waals surface area contributed by atoms with E-state index in [1.54, 1.807) is 13.1 Å². The predicted molar refractivity (Wildman–Crippen MR) is 104 cm³/mol. The van der Waals surface area contributed by atoms with Crippen molar-refractivity contribution in [3.8, 4) is 0 Å². The number of hydrogen-bond acceptors (Lipinski definition) is 6. The van der Waals surface area contributed by atoms with Crippen LogP contribution in [0.5, 0.6) is 0 Å². The number of nitrogens with zero attached hydrogens (tertiary/aromatic N) is 2. The Hall–Kier alpha value is -2.78.